The van der Waals surface area contributed by atoms with Gasteiger partial charge in [0, 0.05) is 0 Å². The van der Waals surface area contributed by atoms with Crippen LogP contribution in [0.4, 0.5) is 0 Å². The third-order valence-corrected chi connectivity index (χ3v) is 3.50. The Morgan fingerprint density at radius 1 is 1.25 bits per heavy atom. The molecular weight excluding hydrogens is 200 g/mol. The van der Waals surface area contributed by atoms with Crippen molar-refractivity contribution < 1.29 is 9.53 Å². The lowest BCUT2D eigenvalue weighted by Crippen LogP contribution is -2.22. The van der Waals surface area contributed by atoms with Gasteiger partial charge < -0.3 is 4.74 Å². The zero-order valence-corrected chi connectivity index (χ0v) is 11.0. The standard InChI is InChI=1S/C14H26O2/c1-4-12(10-9-11(2)3)14(15)16-13-7-5-6-8-13/h11-13H,4-10H2,1-3H3. The van der Waals surface area contributed by atoms with Crippen molar-refractivity contribution in [3.8, 4) is 0 Å². The lowest BCUT2D eigenvalue weighted by molar-refractivity contribution is -0.154. The van der Waals surface area contributed by atoms with Gasteiger partial charge >= 0.3 is 5.97 Å². The lowest BCUT2D eigenvalue weighted by Gasteiger charge is -2.18. The Bertz CT molecular complexity index is 205. The molecule has 0 spiro atoms. The van der Waals surface area contributed by atoms with Crippen LogP contribution in [0.3, 0.4) is 0 Å². The summed E-state index contributed by atoms with van der Waals surface area (Å²) in [7, 11) is 0. The highest BCUT2D eigenvalue weighted by Crippen LogP contribution is 2.24. The predicted octanol–water partition coefficient (Wildman–Crippen LogP) is 3.93. The number of hydrogen-bond acceptors (Lipinski definition) is 2. The van der Waals surface area contributed by atoms with Crippen molar-refractivity contribution in [1.82, 2.24) is 0 Å². The first-order valence-electron chi connectivity index (χ1n) is 6.84. The van der Waals surface area contributed by atoms with Crippen molar-refractivity contribution in [1.29, 1.82) is 0 Å². The number of carbonyl (C=O) groups is 1. The van der Waals surface area contributed by atoms with E-state index in [1.807, 2.05) is 0 Å². The SMILES string of the molecule is CCC(CCC(C)C)C(=O)OC1CCCC1. The van der Waals surface area contributed by atoms with E-state index in [9.17, 15) is 4.79 Å². The molecule has 1 unspecified atom stereocenters. The fraction of sp³-hybridized carbons (Fsp3) is 0.929. The van der Waals surface area contributed by atoms with E-state index in [0.29, 0.717) is 5.92 Å². The second-order valence-electron chi connectivity index (χ2n) is 5.42. The summed E-state index contributed by atoms with van der Waals surface area (Å²) in [5.41, 5.74) is 0. The summed E-state index contributed by atoms with van der Waals surface area (Å²) in [5.74, 6) is 0.853. The zero-order valence-electron chi connectivity index (χ0n) is 11.0. The van der Waals surface area contributed by atoms with E-state index in [1.54, 1.807) is 0 Å². The van der Waals surface area contributed by atoms with Crippen LogP contribution in [0.1, 0.15) is 65.7 Å². The molecule has 0 aromatic heterocycles. The molecule has 0 aromatic rings. The third-order valence-electron chi connectivity index (χ3n) is 3.50. The minimum Gasteiger partial charge on any atom is -0.462 e. The van der Waals surface area contributed by atoms with Gasteiger partial charge in [0.15, 0.2) is 0 Å². The predicted molar refractivity (Wildman–Crippen MR) is 66.2 cm³/mol. The first kappa shape index (κ1) is 13.5. The molecule has 1 atom stereocenters. The van der Waals surface area contributed by atoms with Crippen LogP contribution in [0.15, 0.2) is 0 Å². The van der Waals surface area contributed by atoms with Gasteiger partial charge in [0.1, 0.15) is 6.10 Å². The molecule has 1 rings (SSSR count). The topological polar surface area (TPSA) is 26.3 Å². The Hall–Kier alpha value is -0.530. The van der Waals surface area contributed by atoms with Crippen LogP contribution < -0.4 is 0 Å². The van der Waals surface area contributed by atoms with Crippen molar-refractivity contribution >= 4 is 5.97 Å². The quantitative estimate of drug-likeness (QED) is 0.641. The first-order chi connectivity index (χ1) is 7.63. The number of carbonyl (C=O) groups excluding carboxylic acids is 1. The Labute approximate surface area is 99.8 Å². The van der Waals surface area contributed by atoms with E-state index in [2.05, 4.69) is 20.8 Å². The molecular formula is C14H26O2. The van der Waals surface area contributed by atoms with Crippen LogP contribution in [-0.4, -0.2) is 12.1 Å². The minimum absolute atomic E-state index is 0.0510. The van der Waals surface area contributed by atoms with Crippen LogP contribution in [0, 0.1) is 11.8 Å². The van der Waals surface area contributed by atoms with Gasteiger partial charge in [-0.25, -0.2) is 0 Å². The Balaban J connectivity index is 2.30. The van der Waals surface area contributed by atoms with Crippen molar-refractivity contribution in [3.63, 3.8) is 0 Å². The van der Waals surface area contributed by atoms with Crippen molar-refractivity contribution in [3.05, 3.63) is 0 Å². The second-order valence-corrected chi connectivity index (χ2v) is 5.42. The molecule has 16 heavy (non-hydrogen) atoms. The Morgan fingerprint density at radius 3 is 2.38 bits per heavy atom. The van der Waals surface area contributed by atoms with Crippen LogP contribution >= 0.6 is 0 Å². The molecule has 1 aliphatic rings. The molecule has 1 aliphatic carbocycles. The molecule has 2 heteroatoms. The molecule has 0 saturated heterocycles. The Morgan fingerprint density at radius 2 is 1.88 bits per heavy atom. The maximum atomic E-state index is 11.9. The van der Waals surface area contributed by atoms with Gasteiger partial charge in [0.2, 0.25) is 0 Å². The van der Waals surface area contributed by atoms with Crippen molar-refractivity contribution in [2.75, 3.05) is 0 Å². The zero-order chi connectivity index (χ0) is 12.0. The van der Waals surface area contributed by atoms with Crippen LogP contribution in [0.5, 0.6) is 0 Å². The van der Waals surface area contributed by atoms with Crippen LogP contribution in [0.25, 0.3) is 0 Å². The highest BCUT2D eigenvalue weighted by atomic mass is 16.5. The monoisotopic (exact) mass is 226 g/mol. The minimum atomic E-state index is 0.0510. The van der Waals surface area contributed by atoms with E-state index in [0.717, 1.165) is 32.1 Å². The fourth-order valence-electron chi connectivity index (χ4n) is 2.29. The van der Waals surface area contributed by atoms with Crippen LogP contribution in [0.2, 0.25) is 0 Å². The summed E-state index contributed by atoms with van der Waals surface area (Å²) in [6.45, 7) is 6.49. The summed E-state index contributed by atoms with van der Waals surface area (Å²) < 4.78 is 5.56. The molecule has 0 radical (unpaired) electrons. The summed E-state index contributed by atoms with van der Waals surface area (Å²) >= 11 is 0. The van der Waals surface area contributed by atoms with Crippen LogP contribution in [-0.2, 0) is 9.53 Å². The highest BCUT2D eigenvalue weighted by Gasteiger charge is 2.24. The second kappa shape index (κ2) is 6.93. The third kappa shape index (κ3) is 4.54. The molecule has 0 heterocycles. The molecule has 0 bridgehead atoms. The molecule has 0 aromatic carbocycles. The first-order valence-corrected chi connectivity index (χ1v) is 6.84. The number of esters is 1. The lowest BCUT2D eigenvalue weighted by atomic mass is 9.96. The number of hydrogen-bond donors (Lipinski definition) is 0. The highest BCUT2D eigenvalue weighted by molar-refractivity contribution is 5.72. The molecule has 0 aliphatic heterocycles. The number of rotatable bonds is 6. The molecule has 2 nitrogen and oxygen atoms in total. The van der Waals surface area contributed by atoms with Gasteiger partial charge in [-0.05, 0) is 44.4 Å². The summed E-state index contributed by atoms with van der Waals surface area (Å²) in [4.78, 5) is 11.9. The maximum Gasteiger partial charge on any atom is 0.309 e. The van der Waals surface area contributed by atoms with Gasteiger partial charge in [-0.1, -0.05) is 27.2 Å². The van der Waals surface area contributed by atoms with Crippen molar-refractivity contribution in [2.24, 2.45) is 11.8 Å². The van der Waals surface area contributed by atoms with Gasteiger partial charge in [-0.3, -0.25) is 4.79 Å². The van der Waals surface area contributed by atoms with Gasteiger partial charge in [-0.15, -0.1) is 0 Å². The van der Waals surface area contributed by atoms with E-state index < -0.39 is 0 Å². The molecule has 0 N–H and O–H groups in total. The summed E-state index contributed by atoms with van der Waals surface area (Å²) in [6, 6.07) is 0. The van der Waals surface area contributed by atoms with Gasteiger partial charge in [-0.2, -0.15) is 0 Å². The van der Waals surface area contributed by atoms with E-state index >= 15 is 0 Å². The van der Waals surface area contributed by atoms with Crippen molar-refractivity contribution in [2.45, 2.75) is 71.8 Å². The molecule has 94 valence electrons. The Kier molecular flexibility index (Phi) is 5.86. The number of ether oxygens (including phenoxy) is 1. The van der Waals surface area contributed by atoms with Gasteiger partial charge in [0.05, 0.1) is 5.92 Å². The average Bonchev–Trinajstić information content (AvgIpc) is 2.71. The summed E-state index contributed by atoms with van der Waals surface area (Å²) in [6.07, 6.45) is 7.84. The molecule has 1 saturated carbocycles. The van der Waals surface area contributed by atoms with E-state index in [-0.39, 0.29) is 18.0 Å². The summed E-state index contributed by atoms with van der Waals surface area (Å²) in [5, 5.41) is 0. The van der Waals surface area contributed by atoms with E-state index in [1.165, 1.54) is 12.8 Å². The smallest absolute Gasteiger partial charge is 0.309 e. The normalized spacial score (nSPS) is 19.0. The fourth-order valence-corrected chi connectivity index (χ4v) is 2.29. The molecule has 1 fully saturated rings. The van der Waals surface area contributed by atoms with Gasteiger partial charge in [0.25, 0.3) is 0 Å². The average molecular weight is 226 g/mol. The largest absolute Gasteiger partial charge is 0.462 e. The molecule has 0 amide bonds. The maximum absolute atomic E-state index is 11.9. The van der Waals surface area contributed by atoms with E-state index in [4.69, 9.17) is 4.74 Å².